The molecule has 0 spiro atoms. The highest BCUT2D eigenvalue weighted by Gasteiger charge is 2.19. The normalized spacial score (nSPS) is 13.0. The van der Waals surface area contributed by atoms with Crippen LogP contribution in [-0.2, 0) is 28.6 Å². The van der Waals surface area contributed by atoms with Gasteiger partial charge in [-0.05, 0) is 116 Å². The Labute approximate surface area is 424 Å². The van der Waals surface area contributed by atoms with Crippen LogP contribution in [0.2, 0.25) is 0 Å². The average Bonchev–Trinajstić information content (AvgIpc) is 3.35. The summed E-state index contributed by atoms with van der Waals surface area (Å²) in [5.74, 6) is -0.946. The largest absolute Gasteiger partial charge is 0.462 e. The summed E-state index contributed by atoms with van der Waals surface area (Å²) in [5.41, 5.74) is 0. The lowest BCUT2D eigenvalue weighted by molar-refractivity contribution is -0.167. The molecule has 390 valence electrons. The SMILES string of the molecule is CC/C=C\C/C=C\C/C=C\C/C=C\C/C=C\C/C=C\C/C=C\C/C=C\CCCCCCC(=O)OCC(COC(=O)CCCCCCCCC)OC(=O)CCCCCCC/C=C\C/C=C\CCCCC. The molecule has 6 heteroatoms. The Bertz CT molecular complexity index is 1470. The van der Waals surface area contributed by atoms with E-state index in [1.807, 2.05) is 0 Å². The minimum Gasteiger partial charge on any atom is -0.462 e. The number of hydrogen-bond acceptors (Lipinski definition) is 6. The monoisotopic (exact) mass is 955 g/mol. The Kier molecular flexibility index (Phi) is 53.0. The third-order valence-electron chi connectivity index (χ3n) is 11.5. The molecule has 0 radical (unpaired) electrons. The van der Waals surface area contributed by atoms with Gasteiger partial charge in [-0.25, -0.2) is 0 Å². The lowest BCUT2D eigenvalue weighted by Crippen LogP contribution is -2.30. The first kappa shape index (κ1) is 64.8. The van der Waals surface area contributed by atoms with Gasteiger partial charge < -0.3 is 14.2 Å². The molecule has 0 saturated carbocycles. The van der Waals surface area contributed by atoms with Crippen molar-refractivity contribution in [1.82, 2.24) is 0 Å². The fourth-order valence-electron chi connectivity index (χ4n) is 7.25. The smallest absolute Gasteiger partial charge is 0.306 e. The molecular weight excluding hydrogens is 853 g/mol. The van der Waals surface area contributed by atoms with Gasteiger partial charge >= 0.3 is 17.9 Å². The van der Waals surface area contributed by atoms with Crippen LogP contribution in [0.25, 0.3) is 0 Å². The van der Waals surface area contributed by atoms with Crippen molar-refractivity contribution in [2.45, 2.75) is 245 Å². The van der Waals surface area contributed by atoms with Crippen molar-refractivity contribution < 1.29 is 28.6 Å². The number of carbonyl (C=O) groups excluding carboxylic acids is 3. The van der Waals surface area contributed by atoms with E-state index in [9.17, 15) is 14.4 Å². The number of hydrogen-bond donors (Lipinski definition) is 0. The molecule has 0 fully saturated rings. The molecule has 0 aromatic heterocycles. The minimum atomic E-state index is -0.796. The second-order valence-electron chi connectivity index (χ2n) is 18.1. The maximum absolute atomic E-state index is 12.8. The predicted molar refractivity (Wildman–Crippen MR) is 297 cm³/mol. The minimum absolute atomic E-state index is 0.0939. The van der Waals surface area contributed by atoms with Crippen LogP contribution in [0.4, 0.5) is 0 Å². The lowest BCUT2D eigenvalue weighted by atomic mass is 10.1. The summed E-state index contributed by atoms with van der Waals surface area (Å²) in [6, 6.07) is 0. The second-order valence-corrected chi connectivity index (χ2v) is 18.1. The summed E-state index contributed by atoms with van der Waals surface area (Å²) < 4.78 is 16.7. The summed E-state index contributed by atoms with van der Waals surface area (Å²) in [4.78, 5) is 37.9. The molecule has 0 aliphatic carbocycles. The van der Waals surface area contributed by atoms with Crippen molar-refractivity contribution in [2.75, 3.05) is 13.2 Å². The standard InChI is InChI=1S/C63H102O6/c1-4-7-10-13-16-18-20-22-24-25-26-27-28-29-30-31-32-33-34-35-36-37-39-40-42-44-47-50-53-56-62(65)68-59-60(58-67-61(64)55-52-49-46-15-12-9-6-3)69-63(66)57-54-51-48-45-43-41-38-23-21-19-17-14-11-8-5-2/h7,10,16-19,22-24,26-27,29-30,32-33,35-36,38-40,60H,4-6,8-9,11-15,20-21,25,28,31,34,37,41-59H2,1-3H3/b10-7-,18-16-,19-17-,24-22-,27-26-,30-29-,33-32-,36-35-,38-23-,40-39-. The van der Waals surface area contributed by atoms with Crippen LogP contribution in [0.5, 0.6) is 0 Å². The van der Waals surface area contributed by atoms with Crippen LogP contribution in [0.15, 0.2) is 122 Å². The van der Waals surface area contributed by atoms with E-state index in [0.717, 1.165) is 148 Å². The van der Waals surface area contributed by atoms with Crippen LogP contribution < -0.4 is 0 Å². The quantitative estimate of drug-likeness (QED) is 0.0262. The van der Waals surface area contributed by atoms with Gasteiger partial charge in [0.2, 0.25) is 0 Å². The molecule has 0 saturated heterocycles. The van der Waals surface area contributed by atoms with E-state index in [-0.39, 0.29) is 31.1 Å². The van der Waals surface area contributed by atoms with Crippen molar-refractivity contribution in [1.29, 1.82) is 0 Å². The van der Waals surface area contributed by atoms with Crippen LogP contribution in [0.3, 0.4) is 0 Å². The molecule has 1 atom stereocenters. The summed E-state index contributed by atoms with van der Waals surface area (Å²) in [6.07, 6.45) is 77.8. The summed E-state index contributed by atoms with van der Waals surface area (Å²) in [7, 11) is 0. The Hall–Kier alpha value is -4.19. The molecule has 6 nitrogen and oxygen atoms in total. The summed E-state index contributed by atoms with van der Waals surface area (Å²) in [5, 5.41) is 0. The summed E-state index contributed by atoms with van der Waals surface area (Å²) >= 11 is 0. The van der Waals surface area contributed by atoms with Gasteiger partial charge in [0.25, 0.3) is 0 Å². The van der Waals surface area contributed by atoms with Gasteiger partial charge in [0, 0.05) is 19.3 Å². The molecule has 0 bridgehead atoms. The number of ether oxygens (including phenoxy) is 3. The number of esters is 3. The van der Waals surface area contributed by atoms with Crippen LogP contribution in [0.1, 0.15) is 239 Å². The third-order valence-corrected chi connectivity index (χ3v) is 11.5. The molecule has 0 aromatic rings. The van der Waals surface area contributed by atoms with Gasteiger partial charge in [-0.3, -0.25) is 14.4 Å². The Balaban J connectivity index is 4.27. The molecule has 69 heavy (non-hydrogen) atoms. The Morgan fingerprint density at radius 1 is 0.304 bits per heavy atom. The third kappa shape index (κ3) is 54.6. The van der Waals surface area contributed by atoms with Crippen molar-refractivity contribution in [2.24, 2.45) is 0 Å². The predicted octanol–water partition coefficient (Wildman–Crippen LogP) is 18.9. The van der Waals surface area contributed by atoms with Crippen molar-refractivity contribution in [3.05, 3.63) is 122 Å². The fourth-order valence-corrected chi connectivity index (χ4v) is 7.25. The van der Waals surface area contributed by atoms with E-state index in [0.29, 0.717) is 19.3 Å². The zero-order chi connectivity index (χ0) is 50.0. The molecular formula is C63H102O6. The van der Waals surface area contributed by atoms with E-state index in [1.165, 1.54) is 51.4 Å². The van der Waals surface area contributed by atoms with E-state index in [1.54, 1.807) is 0 Å². The lowest BCUT2D eigenvalue weighted by Gasteiger charge is -2.18. The molecule has 0 rings (SSSR count). The Morgan fingerprint density at radius 2 is 0.565 bits per heavy atom. The maximum Gasteiger partial charge on any atom is 0.306 e. The molecule has 0 aliphatic heterocycles. The summed E-state index contributed by atoms with van der Waals surface area (Å²) in [6.45, 7) is 6.41. The zero-order valence-electron chi connectivity index (χ0n) is 44.5. The average molecular weight is 956 g/mol. The van der Waals surface area contributed by atoms with Gasteiger partial charge in [-0.2, -0.15) is 0 Å². The molecule has 0 heterocycles. The van der Waals surface area contributed by atoms with Crippen molar-refractivity contribution in [3.8, 4) is 0 Å². The number of allylic oxidation sites excluding steroid dienone is 20. The first-order chi connectivity index (χ1) is 34.0. The highest BCUT2D eigenvalue weighted by molar-refractivity contribution is 5.71. The number of unbranched alkanes of at least 4 members (excludes halogenated alkanes) is 18. The van der Waals surface area contributed by atoms with Crippen LogP contribution >= 0.6 is 0 Å². The van der Waals surface area contributed by atoms with Crippen molar-refractivity contribution >= 4 is 17.9 Å². The first-order valence-corrected chi connectivity index (χ1v) is 28.0. The van der Waals surface area contributed by atoms with Gasteiger partial charge in [-0.1, -0.05) is 226 Å². The maximum atomic E-state index is 12.8. The Morgan fingerprint density at radius 3 is 0.913 bits per heavy atom. The van der Waals surface area contributed by atoms with Crippen LogP contribution in [0, 0.1) is 0 Å². The first-order valence-electron chi connectivity index (χ1n) is 28.0. The highest BCUT2D eigenvalue weighted by atomic mass is 16.6. The van der Waals surface area contributed by atoms with E-state index < -0.39 is 6.10 Å². The second kappa shape index (κ2) is 56.4. The van der Waals surface area contributed by atoms with Gasteiger partial charge in [0.15, 0.2) is 6.10 Å². The molecule has 0 amide bonds. The van der Waals surface area contributed by atoms with E-state index in [2.05, 4.69) is 142 Å². The van der Waals surface area contributed by atoms with Gasteiger partial charge in [0.05, 0.1) is 0 Å². The molecule has 1 unspecified atom stereocenters. The zero-order valence-corrected chi connectivity index (χ0v) is 44.5. The van der Waals surface area contributed by atoms with Crippen molar-refractivity contribution in [3.63, 3.8) is 0 Å². The topological polar surface area (TPSA) is 78.9 Å². The number of rotatable bonds is 49. The van der Waals surface area contributed by atoms with E-state index >= 15 is 0 Å². The van der Waals surface area contributed by atoms with Gasteiger partial charge in [-0.15, -0.1) is 0 Å². The number of carbonyl (C=O) groups is 3. The highest BCUT2D eigenvalue weighted by Crippen LogP contribution is 2.13. The molecule has 0 aromatic carbocycles. The van der Waals surface area contributed by atoms with Crippen LogP contribution in [-0.4, -0.2) is 37.2 Å². The van der Waals surface area contributed by atoms with Gasteiger partial charge in [0.1, 0.15) is 13.2 Å². The fraction of sp³-hybridized carbons (Fsp3) is 0.635. The van der Waals surface area contributed by atoms with E-state index in [4.69, 9.17) is 14.2 Å². The molecule has 0 aliphatic rings. The molecule has 0 N–H and O–H groups in total.